The molecule has 0 unspecified atom stereocenters. The molecule has 0 atom stereocenters. The maximum absolute atomic E-state index is 14.2. The SMILES string of the molecule is O=C(O)c1cc(Cl)c(O)c(C(=O)Nc2cc(-c3ccccc3)c(F)cc2F)c1. The van der Waals surface area contributed by atoms with Crippen LogP contribution < -0.4 is 5.32 Å². The normalized spacial score (nSPS) is 10.5. The Kier molecular flexibility index (Phi) is 5.28. The highest BCUT2D eigenvalue weighted by atomic mass is 35.5. The molecule has 0 fully saturated rings. The standard InChI is InChI=1S/C20H12ClF2NO4/c21-14-7-11(20(27)28)6-13(18(14)25)19(26)24-17-8-12(15(22)9-16(17)23)10-4-2-1-3-5-10/h1-9,25H,(H,24,26)(H,27,28). The minimum absolute atomic E-state index is 0.0545. The topological polar surface area (TPSA) is 86.6 Å². The van der Waals surface area contributed by atoms with Crippen LogP contribution in [-0.4, -0.2) is 22.1 Å². The van der Waals surface area contributed by atoms with Gasteiger partial charge in [0.2, 0.25) is 0 Å². The molecule has 0 aliphatic carbocycles. The van der Waals surface area contributed by atoms with E-state index in [9.17, 15) is 23.5 Å². The number of phenolic OH excluding ortho intramolecular Hbond substituents is 1. The van der Waals surface area contributed by atoms with E-state index in [4.69, 9.17) is 16.7 Å². The molecule has 3 aromatic rings. The van der Waals surface area contributed by atoms with Crippen molar-refractivity contribution in [3.8, 4) is 16.9 Å². The number of halogens is 3. The summed E-state index contributed by atoms with van der Waals surface area (Å²) in [4.78, 5) is 23.6. The number of nitrogens with one attached hydrogen (secondary N) is 1. The highest BCUT2D eigenvalue weighted by molar-refractivity contribution is 6.33. The lowest BCUT2D eigenvalue weighted by Gasteiger charge is -2.12. The van der Waals surface area contributed by atoms with E-state index in [0.717, 1.165) is 18.2 Å². The first-order chi connectivity index (χ1) is 13.3. The van der Waals surface area contributed by atoms with E-state index in [1.54, 1.807) is 30.3 Å². The van der Waals surface area contributed by atoms with Crippen LogP contribution in [0.25, 0.3) is 11.1 Å². The van der Waals surface area contributed by atoms with Crippen molar-refractivity contribution in [1.82, 2.24) is 0 Å². The van der Waals surface area contributed by atoms with Crippen molar-refractivity contribution in [3.63, 3.8) is 0 Å². The minimum atomic E-state index is -1.37. The summed E-state index contributed by atoms with van der Waals surface area (Å²) in [5.74, 6) is -4.89. The fourth-order valence-corrected chi connectivity index (χ4v) is 2.79. The van der Waals surface area contributed by atoms with Crippen LogP contribution in [0.1, 0.15) is 20.7 Å². The summed E-state index contributed by atoms with van der Waals surface area (Å²) in [7, 11) is 0. The average molecular weight is 404 g/mol. The van der Waals surface area contributed by atoms with Crippen LogP contribution in [0.3, 0.4) is 0 Å². The van der Waals surface area contributed by atoms with Crippen LogP contribution in [0, 0.1) is 11.6 Å². The monoisotopic (exact) mass is 403 g/mol. The quantitative estimate of drug-likeness (QED) is 0.575. The zero-order valence-corrected chi connectivity index (χ0v) is 14.8. The van der Waals surface area contributed by atoms with Crippen LogP contribution >= 0.6 is 11.6 Å². The highest BCUT2D eigenvalue weighted by Gasteiger charge is 2.20. The maximum Gasteiger partial charge on any atom is 0.335 e. The van der Waals surface area contributed by atoms with Crippen molar-refractivity contribution in [1.29, 1.82) is 0 Å². The number of phenols is 1. The van der Waals surface area contributed by atoms with Gasteiger partial charge in [0.25, 0.3) is 5.91 Å². The number of aromatic carboxylic acids is 1. The van der Waals surface area contributed by atoms with Gasteiger partial charge in [-0.05, 0) is 23.8 Å². The Morgan fingerprint density at radius 2 is 1.64 bits per heavy atom. The number of amides is 1. The third-order valence-electron chi connectivity index (χ3n) is 3.94. The van der Waals surface area contributed by atoms with Gasteiger partial charge < -0.3 is 15.5 Å². The molecule has 0 aliphatic heterocycles. The van der Waals surface area contributed by atoms with Crippen molar-refractivity contribution in [3.05, 3.63) is 82.4 Å². The number of aromatic hydroxyl groups is 1. The first kappa shape index (κ1) is 19.3. The van der Waals surface area contributed by atoms with Gasteiger partial charge in [-0.1, -0.05) is 41.9 Å². The molecular formula is C20H12ClF2NO4. The number of hydrogen-bond acceptors (Lipinski definition) is 3. The van der Waals surface area contributed by atoms with Crippen LogP contribution in [0.2, 0.25) is 5.02 Å². The van der Waals surface area contributed by atoms with Crippen molar-refractivity contribution in [2.24, 2.45) is 0 Å². The summed E-state index contributed by atoms with van der Waals surface area (Å²) in [6.07, 6.45) is 0. The van der Waals surface area contributed by atoms with Gasteiger partial charge in [-0.25, -0.2) is 13.6 Å². The summed E-state index contributed by atoms with van der Waals surface area (Å²) in [6, 6.07) is 11.9. The van der Waals surface area contributed by atoms with Gasteiger partial charge in [-0.2, -0.15) is 0 Å². The summed E-state index contributed by atoms with van der Waals surface area (Å²) >= 11 is 5.75. The Balaban J connectivity index is 2.01. The lowest BCUT2D eigenvalue weighted by atomic mass is 10.0. The molecule has 28 heavy (non-hydrogen) atoms. The second-order valence-electron chi connectivity index (χ2n) is 5.79. The molecule has 0 aromatic heterocycles. The van der Waals surface area contributed by atoms with Crippen molar-refractivity contribution >= 4 is 29.2 Å². The van der Waals surface area contributed by atoms with Gasteiger partial charge in [0, 0.05) is 11.6 Å². The van der Waals surface area contributed by atoms with Crippen molar-refractivity contribution < 1.29 is 28.6 Å². The van der Waals surface area contributed by atoms with E-state index in [1.807, 2.05) is 0 Å². The first-order valence-electron chi connectivity index (χ1n) is 7.89. The summed E-state index contributed by atoms with van der Waals surface area (Å²) in [5, 5.41) is 20.9. The van der Waals surface area contributed by atoms with E-state index in [2.05, 4.69) is 5.32 Å². The van der Waals surface area contributed by atoms with Crippen LogP contribution in [-0.2, 0) is 0 Å². The Hall–Kier alpha value is -3.45. The minimum Gasteiger partial charge on any atom is -0.506 e. The second-order valence-corrected chi connectivity index (χ2v) is 6.20. The Morgan fingerprint density at radius 1 is 0.964 bits per heavy atom. The van der Waals surface area contributed by atoms with E-state index in [0.29, 0.717) is 11.6 Å². The number of carbonyl (C=O) groups is 2. The Labute approximate surface area is 162 Å². The predicted octanol–water partition coefficient (Wildman–Crippen LogP) is 4.94. The third kappa shape index (κ3) is 3.79. The Bertz CT molecular complexity index is 1090. The maximum atomic E-state index is 14.2. The molecule has 0 heterocycles. The van der Waals surface area contributed by atoms with Crippen LogP contribution in [0.4, 0.5) is 14.5 Å². The van der Waals surface area contributed by atoms with Gasteiger partial charge >= 0.3 is 5.97 Å². The second kappa shape index (κ2) is 7.66. The number of carbonyl (C=O) groups excluding carboxylic acids is 1. The summed E-state index contributed by atoms with van der Waals surface area (Å²) in [6.45, 7) is 0. The summed E-state index contributed by atoms with van der Waals surface area (Å²) in [5.41, 5.74) is -0.623. The molecule has 0 radical (unpaired) electrons. The molecule has 0 aliphatic rings. The average Bonchev–Trinajstić information content (AvgIpc) is 2.66. The highest BCUT2D eigenvalue weighted by Crippen LogP contribution is 2.32. The number of hydrogen-bond donors (Lipinski definition) is 3. The van der Waals surface area contributed by atoms with Crippen molar-refractivity contribution in [2.75, 3.05) is 5.32 Å². The van der Waals surface area contributed by atoms with Gasteiger partial charge in [0.15, 0.2) is 0 Å². The number of benzene rings is 3. The fourth-order valence-electron chi connectivity index (χ4n) is 2.57. The number of anilines is 1. The largest absolute Gasteiger partial charge is 0.506 e. The molecular weight excluding hydrogens is 392 g/mol. The van der Waals surface area contributed by atoms with Crippen molar-refractivity contribution in [2.45, 2.75) is 0 Å². The van der Waals surface area contributed by atoms with E-state index in [1.165, 1.54) is 0 Å². The zero-order valence-electron chi connectivity index (χ0n) is 14.0. The van der Waals surface area contributed by atoms with E-state index in [-0.39, 0.29) is 21.8 Å². The third-order valence-corrected chi connectivity index (χ3v) is 4.23. The smallest absolute Gasteiger partial charge is 0.335 e. The number of carboxylic acid groups (broad SMARTS) is 1. The fraction of sp³-hybridized carbons (Fsp3) is 0. The molecule has 1 amide bonds. The molecule has 8 heteroatoms. The van der Waals surface area contributed by atoms with Gasteiger partial charge in [0.1, 0.15) is 17.4 Å². The van der Waals surface area contributed by atoms with Crippen LogP contribution in [0.5, 0.6) is 5.75 Å². The lowest BCUT2D eigenvalue weighted by molar-refractivity contribution is 0.0697. The summed E-state index contributed by atoms with van der Waals surface area (Å²) < 4.78 is 28.3. The van der Waals surface area contributed by atoms with Gasteiger partial charge in [-0.3, -0.25) is 4.79 Å². The molecule has 0 bridgehead atoms. The molecule has 0 saturated carbocycles. The molecule has 5 nitrogen and oxygen atoms in total. The molecule has 3 aromatic carbocycles. The van der Waals surface area contributed by atoms with E-state index >= 15 is 0 Å². The number of rotatable bonds is 4. The lowest BCUT2D eigenvalue weighted by Crippen LogP contribution is -2.15. The number of carboxylic acids is 1. The zero-order chi connectivity index (χ0) is 20.4. The molecule has 3 rings (SSSR count). The molecule has 3 N–H and O–H groups in total. The molecule has 0 spiro atoms. The van der Waals surface area contributed by atoms with Gasteiger partial charge in [0.05, 0.1) is 21.8 Å². The Morgan fingerprint density at radius 3 is 2.29 bits per heavy atom. The molecule has 142 valence electrons. The molecule has 0 saturated heterocycles. The predicted molar refractivity (Wildman–Crippen MR) is 99.8 cm³/mol. The van der Waals surface area contributed by atoms with Gasteiger partial charge in [-0.15, -0.1) is 0 Å². The van der Waals surface area contributed by atoms with E-state index < -0.39 is 34.8 Å². The van der Waals surface area contributed by atoms with Crippen LogP contribution in [0.15, 0.2) is 54.6 Å². The first-order valence-corrected chi connectivity index (χ1v) is 8.27.